The van der Waals surface area contributed by atoms with Crippen LogP contribution in [0.15, 0.2) is 29.2 Å². The average molecular weight is 287 g/mol. The van der Waals surface area contributed by atoms with E-state index in [1.54, 1.807) is 24.3 Å². The van der Waals surface area contributed by atoms with Gasteiger partial charge >= 0.3 is 0 Å². The van der Waals surface area contributed by atoms with E-state index in [1.165, 1.54) is 14.2 Å². The van der Waals surface area contributed by atoms with Crippen LogP contribution >= 0.6 is 0 Å². The van der Waals surface area contributed by atoms with Crippen LogP contribution in [0.2, 0.25) is 0 Å². The van der Waals surface area contributed by atoms with Crippen LogP contribution in [0.3, 0.4) is 0 Å². The Morgan fingerprint density at radius 1 is 1.21 bits per heavy atom. The van der Waals surface area contributed by atoms with Crippen molar-refractivity contribution in [3.05, 3.63) is 24.3 Å². The topological polar surface area (TPSA) is 64.6 Å². The van der Waals surface area contributed by atoms with Crippen LogP contribution in [0.4, 0.5) is 5.69 Å². The summed E-state index contributed by atoms with van der Waals surface area (Å²) in [5.41, 5.74) is 0.579. The molecule has 5 nitrogen and oxygen atoms in total. The Bertz CT molecular complexity index is 483. The quantitative estimate of drug-likeness (QED) is 0.740. The molecule has 0 aliphatic rings. The molecule has 0 amide bonds. The molecule has 19 heavy (non-hydrogen) atoms. The van der Waals surface area contributed by atoms with Crippen LogP contribution in [0.25, 0.3) is 0 Å². The molecule has 1 aromatic rings. The predicted octanol–water partition coefficient (Wildman–Crippen LogP) is 1.90. The first-order chi connectivity index (χ1) is 9.05. The first kappa shape index (κ1) is 15.9. The lowest BCUT2D eigenvalue weighted by atomic mass is 10.3. The molecule has 0 aliphatic carbocycles. The minimum atomic E-state index is -3.25. The van der Waals surface area contributed by atoms with Crippen LogP contribution < -0.4 is 5.32 Å². The zero-order chi connectivity index (χ0) is 14.3. The molecule has 1 rings (SSSR count). The van der Waals surface area contributed by atoms with Gasteiger partial charge < -0.3 is 14.8 Å². The van der Waals surface area contributed by atoms with Crippen molar-refractivity contribution in [1.82, 2.24) is 0 Å². The predicted molar refractivity (Wildman–Crippen MR) is 75.1 cm³/mol. The van der Waals surface area contributed by atoms with Crippen molar-refractivity contribution in [1.29, 1.82) is 0 Å². The lowest BCUT2D eigenvalue weighted by molar-refractivity contribution is -0.0914. The third kappa shape index (κ3) is 4.49. The van der Waals surface area contributed by atoms with Gasteiger partial charge in [0.1, 0.15) is 0 Å². The molecule has 0 aromatic heterocycles. The van der Waals surface area contributed by atoms with Crippen molar-refractivity contribution in [2.75, 3.05) is 31.8 Å². The number of benzene rings is 1. The Kier molecular flexibility index (Phi) is 6.27. The Balaban J connectivity index is 2.90. The molecule has 0 saturated heterocycles. The molecule has 0 radical (unpaired) electrons. The van der Waals surface area contributed by atoms with Gasteiger partial charge in [-0.3, -0.25) is 0 Å². The largest absolute Gasteiger partial charge is 0.379 e. The Hall–Kier alpha value is -1.11. The van der Waals surface area contributed by atoms with Gasteiger partial charge in [0.25, 0.3) is 0 Å². The van der Waals surface area contributed by atoms with Crippen molar-refractivity contribution >= 4 is 15.5 Å². The van der Waals surface area contributed by atoms with E-state index >= 15 is 0 Å². The fraction of sp³-hybridized carbons (Fsp3) is 0.538. The van der Waals surface area contributed by atoms with E-state index in [9.17, 15) is 8.42 Å². The summed E-state index contributed by atoms with van der Waals surface area (Å²) < 4.78 is 34.4. The van der Waals surface area contributed by atoms with Gasteiger partial charge in [-0.2, -0.15) is 0 Å². The molecule has 1 N–H and O–H groups in total. The number of para-hydroxylation sites is 1. The highest BCUT2D eigenvalue weighted by atomic mass is 32.2. The minimum Gasteiger partial charge on any atom is -0.379 e. The van der Waals surface area contributed by atoms with E-state index in [-0.39, 0.29) is 5.75 Å². The molecule has 6 heteroatoms. The van der Waals surface area contributed by atoms with Crippen LogP contribution in [0, 0.1) is 0 Å². The van der Waals surface area contributed by atoms with Gasteiger partial charge in [-0.25, -0.2) is 8.42 Å². The molecule has 1 aromatic carbocycles. The minimum absolute atomic E-state index is 0.143. The number of sulfone groups is 1. The zero-order valence-electron chi connectivity index (χ0n) is 11.5. The number of rotatable bonds is 8. The Labute approximate surface area is 114 Å². The van der Waals surface area contributed by atoms with E-state index in [4.69, 9.17) is 9.47 Å². The van der Waals surface area contributed by atoms with Gasteiger partial charge in [0.2, 0.25) is 0 Å². The first-order valence-corrected chi connectivity index (χ1v) is 7.81. The average Bonchev–Trinajstić information content (AvgIpc) is 2.40. The highest BCUT2D eigenvalue weighted by Crippen LogP contribution is 2.22. The monoisotopic (exact) mass is 287 g/mol. The van der Waals surface area contributed by atoms with E-state index < -0.39 is 16.1 Å². The second-order valence-electron chi connectivity index (χ2n) is 4.10. The van der Waals surface area contributed by atoms with Gasteiger partial charge in [0.15, 0.2) is 16.1 Å². The molecule has 0 saturated carbocycles. The van der Waals surface area contributed by atoms with E-state index in [0.717, 1.165) is 0 Å². The third-order valence-corrected chi connectivity index (χ3v) is 4.65. The number of anilines is 1. The summed E-state index contributed by atoms with van der Waals surface area (Å²) in [4.78, 5) is 0.322. The zero-order valence-corrected chi connectivity index (χ0v) is 12.4. The lowest BCUT2D eigenvalue weighted by Crippen LogP contribution is -2.24. The molecule has 0 aliphatic heterocycles. The highest BCUT2D eigenvalue weighted by Gasteiger charge is 2.17. The van der Waals surface area contributed by atoms with E-state index in [2.05, 4.69) is 5.32 Å². The highest BCUT2D eigenvalue weighted by molar-refractivity contribution is 7.91. The maximum atomic E-state index is 12.1. The summed E-state index contributed by atoms with van der Waals surface area (Å²) in [6, 6.07) is 6.87. The fourth-order valence-electron chi connectivity index (χ4n) is 1.72. The molecule has 0 bridgehead atoms. The van der Waals surface area contributed by atoms with Crippen molar-refractivity contribution in [2.45, 2.75) is 24.5 Å². The summed E-state index contributed by atoms with van der Waals surface area (Å²) >= 11 is 0. The van der Waals surface area contributed by atoms with Crippen molar-refractivity contribution in [3.8, 4) is 0 Å². The second kappa shape index (κ2) is 7.47. The maximum Gasteiger partial charge on any atom is 0.180 e. The van der Waals surface area contributed by atoms with Gasteiger partial charge in [0, 0.05) is 14.2 Å². The summed E-state index contributed by atoms with van der Waals surface area (Å²) in [6.45, 7) is 2.23. The smallest absolute Gasteiger partial charge is 0.180 e. The number of nitrogens with one attached hydrogen (secondary N) is 1. The number of ether oxygens (including phenoxy) is 2. The van der Waals surface area contributed by atoms with E-state index in [0.29, 0.717) is 23.5 Å². The standard InChI is InChI=1S/C13H21NO4S/c1-4-9-19(15,16)12-8-6-5-7-11(12)14-10-13(17-2)18-3/h5-8,13-14H,4,9-10H2,1-3H3. The van der Waals surface area contributed by atoms with Crippen LogP contribution in [0.1, 0.15) is 13.3 Å². The second-order valence-corrected chi connectivity index (χ2v) is 6.17. The lowest BCUT2D eigenvalue weighted by Gasteiger charge is -2.17. The molecule has 0 spiro atoms. The number of hydrogen-bond acceptors (Lipinski definition) is 5. The maximum absolute atomic E-state index is 12.1. The number of hydrogen-bond donors (Lipinski definition) is 1. The van der Waals surface area contributed by atoms with Crippen LogP contribution in [-0.2, 0) is 19.3 Å². The number of methoxy groups -OCH3 is 2. The summed E-state index contributed by atoms with van der Waals surface area (Å²) in [6.07, 6.45) is 0.178. The molecule has 0 heterocycles. The van der Waals surface area contributed by atoms with Crippen molar-refractivity contribution in [2.24, 2.45) is 0 Å². The Morgan fingerprint density at radius 2 is 1.84 bits per heavy atom. The summed E-state index contributed by atoms with van der Waals surface area (Å²) in [5.74, 6) is 0.143. The third-order valence-electron chi connectivity index (χ3n) is 2.68. The SMILES string of the molecule is CCCS(=O)(=O)c1ccccc1NCC(OC)OC. The first-order valence-electron chi connectivity index (χ1n) is 6.16. The summed E-state index contributed by atoms with van der Waals surface area (Å²) in [7, 11) is -0.172. The molecule has 108 valence electrons. The molecular weight excluding hydrogens is 266 g/mol. The molecule has 0 unspecified atom stereocenters. The fourth-order valence-corrected chi connectivity index (χ4v) is 3.24. The molecule has 0 fully saturated rings. The van der Waals surface area contributed by atoms with Gasteiger partial charge in [-0.05, 0) is 18.6 Å². The molecular formula is C13H21NO4S. The van der Waals surface area contributed by atoms with Crippen molar-refractivity contribution in [3.63, 3.8) is 0 Å². The van der Waals surface area contributed by atoms with Crippen LogP contribution in [-0.4, -0.2) is 41.2 Å². The van der Waals surface area contributed by atoms with Crippen molar-refractivity contribution < 1.29 is 17.9 Å². The van der Waals surface area contributed by atoms with Gasteiger partial charge in [-0.15, -0.1) is 0 Å². The van der Waals surface area contributed by atoms with Gasteiger partial charge in [0.05, 0.1) is 22.9 Å². The normalized spacial score (nSPS) is 11.8. The summed E-state index contributed by atoms with van der Waals surface area (Å²) in [5, 5.41) is 3.05. The van der Waals surface area contributed by atoms with Gasteiger partial charge in [-0.1, -0.05) is 19.1 Å². The van der Waals surface area contributed by atoms with Crippen LogP contribution in [0.5, 0.6) is 0 Å². The molecule has 0 atom stereocenters. The Morgan fingerprint density at radius 3 is 2.42 bits per heavy atom. The van der Waals surface area contributed by atoms with E-state index in [1.807, 2.05) is 6.92 Å².